The van der Waals surface area contributed by atoms with Gasteiger partial charge >= 0.3 is 39.5 Å². The maximum absolute atomic E-state index is 13.1. The lowest BCUT2D eigenvalue weighted by Crippen LogP contribution is -2.30. The van der Waals surface area contributed by atoms with Gasteiger partial charge in [0.1, 0.15) is 19.3 Å². The van der Waals surface area contributed by atoms with Gasteiger partial charge in [0.25, 0.3) is 0 Å². The molecule has 0 radical (unpaired) electrons. The lowest BCUT2D eigenvalue weighted by atomic mass is 10.0. The van der Waals surface area contributed by atoms with Gasteiger partial charge in [0.05, 0.1) is 26.4 Å². The topological polar surface area (TPSA) is 237 Å². The summed E-state index contributed by atoms with van der Waals surface area (Å²) in [6.07, 6.45) is 69.2. The van der Waals surface area contributed by atoms with Crippen molar-refractivity contribution in [2.75, 3.05) is 39.6 Å². The van der Waals surface area contributed by atoms with Crippen LogP contribution in [0.3, 0.4) is 0 Å². The maximum Gasteiger partial charge on any atom is 0.472 e. The van der Waals surface area contributed by atoms with Gasteiger partial charge in [-0.3, -0.25) is 37.3 Å². The minimum Gasteiger partial charge on any atom is -0.462 e. The standard InChI is InChI=1S/C84H164O17P2/c1-6-9-12-15-18-21-24-27-29-31-32-34-39-45-50-55-60-65-70-84(89)101-80(74-95-82(87)68-63-58-53-48-43-40-35-37-41-46-51-56-61-66-77(4)5)76-99-103(92,93)97-72-78(85)71-96-102(90,91)98-75-79(73-94-81(86)67-62-57-52-47-42-36-26-23-20-17-14-11-8-3)100-83(88)69-64-59-54-49-44-38-33-30-28-25-22-19-16-13-10-7-2/h77-80,85H,6-76H2,1-5H3,(H,90,91)(H,92,93)/t78-,79+,80+/m0/s1. The second-order valence-electron chi connectivity index (χ2n) is 30.7. The van der Waals surface area contributed by atoms with Crippen molar-refractivity contribution in [3.63, 3.8) is 0 Å². The van der Waals surface area contributed by atoms with Gasteiger partial charge in [0.2, 0.25) is 0 Å². The molecule has 0 rings (SSSR count). The Morgan fingerprint density at radius 3 is 0.660 bits per heavy atom. The molecule has 0 aliphatic carbocycles. The van der Waals surface area contributed by atoms with Gasteiger partial charge in [-0.25, -0.2) is 9.13 Å². The van der Waals surface area contributed by atoms with Crippen molar-refractivity contribution in [3.05, 3.63) is 0 Å². The average molecular weight is 1510 g/mol. The number of ether oxygens (including phenoxy) is 4. The van der Waals surface area contributed by atoms with Crippen molar-refractivity contribution in [1.82, 2.24) is 0 Å². The summed E-state index contributed by atoms with van der Waals surface area (Å²) in [6.45, 7) is 7.38. The Morgan fingerprint density at radius 1 is 0.262 bits per heavy atom. The van der Waals surface area contributed by atoms with Crippen LogP contribution < -0.4 is 0 Å². The Kier molecular flexibility index (Phi) is 75.4. The van der Waals surface area contributed by atoms with Crippen LogP contribution in [0.15, 0.2) is 0 Å². The van der Waals surface area contributed by atoms with Crippen LogP contribution in [0.25, 0.3) is 0 Å². The van der Waals surface area contributed by atoms with E-state index >= 15 is 0 Å². The zero-order chi connectivity index (χ0) is 75.5. The number of esters is 4. The van der Waals surface area contributed by atoms with Crippen LogP contribution in [0.2, 0.25) is 0 Å². The van der Waals surface area contributed by atoms with Crippen LogP contribution in [-0.4, -0.2) is 96.7 Å². The van der Waals surface area contributed by atoms with Crippen LogP contribution in [0, 0.1) is 5.92 Å². The summed E-state index contributed by atoms with van der Waals surface area (Å²) < 4.78 is 68.9. The van der Waals surface area contributed by atoms with E-state index in [2.05, 4.69) is 34.6 Å². The Labute approximate surface area is 632 Å². The van der Waals surface area contributed by atoms with Crippen molar-refractivity contribution in [1.29, 1.82) is 0 Å². The van der Waals surface area contributed by atoms with E-state index in [1.54, 1.807) is 0 Å². The molecule has 0 saturated carbocycles. The van der Waals surface area contributed by atoms with Crippen molar-refractivity contribution >= 4 is 39.5 Å². The van der Waals surface area contributed by atoms with Crippen molar-refractivity contribution in [2.24, 2.45) is 5.92 Å². The van der Waals surface area contributed by atoms with E-state index in [0.29, 0.717) is 25.7 Å². The number of phosphoric ester groups is 2. The zero-order valence-corrected chi connectivity index (χ0v) is 69.3. The zero-order valence-electron chi connectivity index (χ0n) is 67.5. The predicted molar refractivity (Wildman–Crippen MR) is 423 cm³/mol. The smallest absolute Gasteiger partial charge is 0.462 e. The Hall–Kier alpha value is -1.94. The summed E-state index contributed by atoms with van der Waals surface area (Å²) in [7, 11) is -9.92. The Balaban J connectivity index is 5.27. The number of phosphoric acid groups is 2. The molecule has 0 heterocycles. The molecule has 2 unspecified atom stereocenters. The summed E-state index contributed by atoms with van der Waals surface area (Å²) in [6, 6.07) is 0. The SMILES string of the molecule is CCCCCCCCCCCCCCCCCCCCC(=O)O[C@H](COC(=O)CCCCCCCCCCCCCCCC(C)C)COP(=O)(O)OC[C@@H](O)COP(=O)(O)OC[C@@H](COC(=O)CCCCCCCCCCCCCCC)OC(=O)CCCCCCCCCCCCCCCCCC. The number of aliphatic hydroxyl groups is 1. The predicted octanol–water partition coefficient (Wildman–Crippen LogP) is 25.6. The molecule has 0 spiro atoms. The molecule has 0 aromatic heterocycles. The van der Waals surface area contributed by atoms with E-state index in [1.807, 2.05) is 0 Å². The van der Waals surface area contributed by atoms with Crippen LogP contribution in [0.1, 0.15) is 452 Å². The quantitative estimate of drug-likeness (QED) is 0.0222. The minimum absolute atomic E-state index is 0.109. The molecular formula is C84H164O17P2. The van der Waals surface area contributed by atoms with Gasteiger partial charge < -0.3 is 33.8 Å². The number of carbonyl (C=O) groups is 4. The Bertz CT molecular complexity index is 1960. The molecule has 0 aromatic carbocycles. The summed E-state index contributed by atoms with van der Waals surface area (Å²) in [5, 5.41) is 10.7. The average Bonchev–Trinajstić information content (AvgIpc) is 0.913. The maximum atomic E-state index is 13.1. The number of carbonyl (C=O) groups excluding carboxylic acids is 4. The van der Waals surface area contributed by atoms with E-state index < -0.39 is 97.5 Å². The van der Waals surface area contributed by atoms with Gasteiger partial charge in [-0.05, 0) is 31.6 Å². The molecule has 0 bridgehead atoms. The van der Waals surface area contributed by atoms with Gasteiger partial charge in [0.15, 0.2) is 12.2 Å². The van der Waals surface area contributed by atoms with Crippen molar-refractivity contribution in [3.8, 4) is 0 Å². The molecule has 103 heavy (non-hydrogen) atoms. The van der Waals surface area contributed by atoms with E-state index in [1.165, 1.54) is 276 Å². The summed E-state index contributed by atoms with van der Waals surface area (Å²) in [4.78, 5) is 73.2. The first-order valence-corrected chi connectivity index (χ1v) is 46.6. The van der Waals surface area contributed by atoms with Crippen LogP contribution in [0.5, 0.6) is 0 Å². The van der Waals surface area contributed by atoms with E-state index in [4.69, 9.17) is 37.0 Å². The van der Waals surface area contributed by atoms with Gasteiger partial charge in [-0.1, -0.05) is 401 Å². The molecule has 0 saturated heterocycles. The molecule has 0 aliphatic rings. The second-order valence-corrected chi connectivity index (χ2v) is 33.6. The second kappa shape index (κ2) is 76.8. The lowest BCUT2D eigenvalue weighted by molar-refractivity contribution is -0.161. The lowest BCUT2D eigenvalue weighted by Gasteiger charge is -2.21. The summed E-state index contributed by atoms with van der Waals surface area (Å²) >= 11 is 0. The fraction of sp³-hybridized carbons (Fsp3) is 0.952. The fourth-order valence-electron chi connectivity index (χ4n) is 13.1. The summed E-state index contributed by atoms with van der Waals surface area (Å²) in [5.41, 5.74) is 0. The molecular weight excluding hydrogens is 1340 g/mol. The van der Waals surface area contributed by atoms with Gasteiger partial charge in [-0.15, -0.1) is 0 Å². The first-order chi connectivity index (χ1) is 50.0. The number of unbranched alkanes of at least 4 members (excludes halogenated alkanes) is 56. The fourth-order valence-corrected chi connectivity index (χ4v) is 14.7. The third-order valence-corrected chi connectivity index (χ3v) is 21.7. The largest absolute Gasteiger partial charge is 0.472 e. The molecule has 0 aliphatic heterocycles. The van der Waals surface area contributed by atoms with Crippen molar-refractivity contribution in [2.45, 2.75) is 470 Å². The van der Waals surface area contributed by atoms with Crippen LogP contribution >= 0.6 is 15.6 Å². The highest BCUT2D eigenvalue weighted by Crippen LogP contribution is 2.45. The third-order valence-electron chi connectivity index (χ3n) is 19.8. The Morgan fingerprint density at radius 2 is 0.447 bits per heavy atom. The minimum atomic E-state index is -4.96. The highest BCUT2D eigenvalue weighted by atomic mass is 31.2. The molecule has 3 N–H and O–H groups in total. The van der Waals surface area contributed by atoms with Gasteiger partial charge in [0, 0.05) is 25.7 Å². The molecule has 0 fully saturated rings. The molecule has 612 valence electrons. The normalized spacial score (nSPS) is 13.8. The molecule has 0 amide bonds. The third kappa shape index (κ3) is 78.0. The molecule has 0 aromatic rings. The van der Waals surface area contributed by atoms with Crippen LogP contribution in [0.4, 0.5) is 0 Å². The van der Waals surface area contributed by atoms with E-state index in [0.717, 1.165) is 95.8 Å². The monoisotopic (exact) mass is 1510 g/mol. The number of hydrogen-bond donors (Lipinski definition) is 3. The number of aliphatic hydroxyl groups excluding tert-OH is 1. The number of rotatable bonds is 84. The highest BCUT2D eigenvalue weighted by molar-refractivity contribution is 7.47. The highest BCUT2D eigenvalue weighted by Gasteiger charge is 2.30. The number of hydrogen-bond acceptors (Lipinski definition) is 15. The first kappa shape index (κ1) is 101. The summed E-state index contributed by atoms with van der Waals surface area (Å²) in [5.74, 6) is -1.31. The van der Waals surface area contributed by atoms with E-state index in [-0.39, 0.29) is 25.7 Å². The molecule has 17 nitrogen and oxygen atoms in total. The van der Waals surface area contributed by atoms with Gasteiger partial charge in [-0.2, -0.15) is 0 Å². The first-order valence-electron chi connectivity index (χ1n) is 43.6. The van der Waals surface area contributed by atoms with Crippen LogP contribution in [-0.2, 0) is 65.4 Å². The molecule has 5 atom stereocenters. The van der Waals surface area contributed by atoms with Crippen molar-refractivity contribution < 1.29 is 80.2 Å². The van der Waals surface area contributed by atoms with E-state index in [9.17, 15) is 43.2 Å². The molecule has 19 heteroatoms.